The number of aromatic nitrogens is 1. The third kappa shape index (κ3) is 3.99. The molecule has 2 heterocycles. The summed E-state index contributed by atoms with van der Waals surface area (Å²) in [5.41, 5.74) is 4.81. The molecule has 0 radical (unpaired) electrons. The maximum atomic E-state index is 14.0. The van der Waals surface area contributed by atoms with E-state index in [4.69, 9.17) is 14.2 Å². The molecule has 3 aromatic carbocycles. The number of benzene rings is 3. The average Bonchev–Trinajstić information content (AvgIpc) is 3.25. The van der Waals surface area contributed by atoms with E-state index in [0.717, 1.165) is 33.3 Å². The number of ether oxygens (including phenoxy) is 3. The summed E-state index contributed by atoms with van der Waals surface area (Å²) in [5.74, 6) is 0.0828. The van der Waals surface area contributed by atoms with Gasteiger partial charge >= 0.3 is 5.97 Å². The van der Waals surface area contributed by atoms with Crippen molar-refractivity contribution in [3.63, 3.8) is 0 Å². The van der Waals surface area contributed by atoms with Gasteiger partial charge in [-0.15, -0.1) is 0 Å². The van der Waals surface area contributed by atoms with Crippen molar-refractivity contribution >= 4 is 16.9 Å². The smallest absolute Gasteiger partial charge is 0.323 e. The Balaban J connectivity index is 1.54. The van der Waals surface area contributed by atoms with E-state index in [-0.39, 0.29) is 24.4 Å². The minimum absolute atomic E-state index is 0.130. The summed E-state index contributed by atoms with van der Waals surface area (Å²) in [4.78, 5) is 16.0. The number of carbonyl (C=O) groups is 1. The maximum Gasteiger partial charge on any atom is 0.323 e. The Morgan fingerprint density at radius 2 is 1.82 bits per heavy atom. The summed E-state index contributed by atoms with van der Waals surface area (Å²) in [5, 5.41) is 4.53. The van der Waals surface area contributed by atoms with Crippen LogP contribution in [0.15, 0.2) is 66.7 Å². The number of nitrogens with one attached hydrogen (secondary N) is 2. The molecule has 0 saturated carbocycles. The van der Waals surface area contributed by atoms with Crippen molar-refractivity contribution in [3.8, 4) is 11.5 Å². The summed E-state index contributed by atoms with van der Waals surface area (Å²) in [6.45, 7) is 0.130. The first-order valence-corrected chi connectivity index (χ1v) is 11.1. The molecule has 0 unspecified atom stereocenters. The zero-order valence-corrected chi connectivity index (χ0v) is 18.9. The van der Waals surface area contributed by atoms with Crippen LogP contribution in [0, 0.1) is 5.82 Å². The van der Waals surface area contributed by atoms with Gasteiger partial charge in [-0.2, -0.15) is 0 Å². The topological polar surface area (TPSA) is 72.6 Å². The first-order chi connectivity index (χ1) is 16.6. The van der Waals surface area contributed by atoms with E-state index in [2.05, 4.69) is 16.4 Å². The number of rotatable bonds is 6. The lowest BCUT2D eigenvalue weighted by atomic mass is 9.89. The standard InChI is InChI=1S/C27H25FN2O4/c1-32-23-12-11-16(13-17(23)15-34-24-10-6-4-8-20(24)28)25-26-19(14-22(30-25)27(31)33-2)18-7-3-5-9-21(18)29-26/h3-13,22,25,29-30H,14-15H2,1-2H3/t22-,25+/m0/s1. The molecule has 4 aromatic rings. The van der Waals surface area contributed by atoms with E-state index in [1.807, 2.05) is 36.4 Å². The Morgan fingerprint density at radius 3 is 2.62 bits per heavy atom. The molecule has 0 fully saturated rings. The fourth-order valence-corrected chi connectivity index (χ4v) is 4.60. The van der Waals surface area contributed by atoms with Crippen molar-refractivity contribution in [2.75, 3.05) is 14.2 Å². The molecule has 0 bridgehead atoms. The van der Waals surface area contributed by atoms with Crippen molar-refractivity contribution in [3.05, 3.63) is 94.9 Å². The number of para-hydroxylation sites is 2. The number of hydrogen-bond donors (Lipinski definition) is 2. The molecular weight excluding hydrogens is 435 g/mol. The van der Waals surface area contributed by atoms with Gasteiger partial charge in [-0.3, -0.25) is 10.1 Å². The first-order valence-electron chi connectivity index (χ1n) is 11.1. The second-order valence-electron chi connectivity index (χ2n) is 8.23. The van der Waals surface area contributed by atoms with Crippen LogP contribution < -0.4 is 14.8 Å². The van der Waals surface area contributed by atoms with Crippen LogP contribution in [0.4, 0.5) is 4.39 Å². The van der Waals surface area contributed by atoms with Gasteiger partial charge in [0.25, 0.3) is 0 Å². The molecule has 0 aliphatic carbocycles. The van der Waals surface area contributed by atoms with Crippen molar-refractivity contribution in [2.45, 2.75) is 25.1 Å². The molecule has 1 aliphatic rings. The Morgan fingerprint density at radius 1 is 1.03 bits per heavy atom. The molecule has 0 spiro atoms. The molecule has 1 aliphatic heterocycles. The molecule has 5 rings (SSSR count). The van der Waals surface area contributed by atoms with Gasteiger partial charge in [0.2, 0.25) is 0 Å². The lowest BCUT2D eigenvalue weighted by Crippen LogP contribution is -2.45. The number of aromatic amines is 1. The van der Waals surface area contributed by atoms with E-state index in [1.165, 1.54) is 13.2 Å². The second kappa shape index (κ2) is 9.19. The molecule has 174 valence electrons. The van der Waals surface area contributed by atoms with E-state index >= 15 is 0 Å². The Bertz CT molecular complexity index is 1350. The lowest BCUT2D eigenvalue weighted by molar-refractivity contribution is -0.143. The van der Waals surface area contributed by atoms with Gasteiger partial charge < -0.3 is 19.2 Å². The van der Waals surface area contributed by atoms with Crippen molar-refractivity contribution in [1.29, 1.82) is 0 Å². The number of fused-ring (bicyclic) bond motifs is 3. The first kappa shape index (κ1) is 22.0. The number of methoxy groups -OCH3 is 2. The minimum Gasteiger partial charge on any atom is -0.496 e. The summed E-state index contributed by atoms with van der Waals surface area (Å²) in [6.07, 6.45) is 0.530. The molecular formula is C27H25FN2O4. The molecule has 0 amide bonds. The van der Waals surface area contributed by atoms with Gasteiger partial charge in [-0.25, -0.2) is 4.39 Å². The lowest BCUT2D eigenvalue weighted by Gasteiger charge is -2.30. The summed E-state index contributed by atoms with van der Waals surface area (Å²) in [6, 6.07) is 19.4. The van der Waals surface area contributed by atoms with Crippen molar-refractivity contribution in [1.82, 2.24) is 10.3 Å². The van der Waals surface area contributed by atoms with E-state index in [9.17, 15) is 9.18 Å². The van der Waals surface area contributed by atoms with Crippen molar-refractivity contribution < 1.29 is 23.4 Å². The highest BCUT2D eigenvalue weighted by Gasteiger charge is 2.34. The van der Waals surface area contributed by atoms with Crippen LogP contribution in [0.25, 0.3) is 10.9 Å². The van der Waals surface area contributed by atoms with Gasteiger partial charge in [0, 0.05) is 28.6 Å². The van der Waals surface area contributed by atoms with Gasteiger partial charge in [0.15, 0.2) is 11.6 Å². The van der Waals surface area contributed by atoms with Crippen LogP contribution in [-0.4, -0.2) is 31.2 Å². The summed E-state index contributed by atoms with van der Waals surface area (Å²) < 4.78 is 30.4. The molecule has 7 heteroatoms. The van der Waals surface area contributed by atoms with Gasteiger partial charge in [0.1, 0.15) is 18.4 Å². The zero-order chi connectivity index (χ0) is 23.7. The average molecular weight is 461 g/mol. The molecule has 0 saturated heterocycles. The Hall–Kier alpha value is -3.84. The SMILES string of the molecule is COC(=O)[C@@H]1Cc2c([nH]c3ccccc23)[C@@H](c2ccc(OC)c(COc3ccccc3F)c2)N1. The van der Waals surface area contributed by atoms with E-state index in [0.29, 0.717) is 12.2 Å². The van der Waals surface area contributed by atoms with Crippen LogP contribution >= 0.6 is 0 Å². The highest BCUT2D eigenvalue weighted by Crippen LogP contribution is 2.37. The molecule has 1 aromatic heterocycles. The minimum atomic E-state index is -0.484. The molecule has 2 N–H and O–H groups in total. The molecule has 34 heavy (non-hydrogen) atoms. The largest absolute Gasteiger partial charge is 0.496 e. The Labute approximate surface area is 196 Å². The fraction of sp³-hybridized carbons (Fsp3) is 0.222. The van der Waals surface area contributed by atoms with Crippen LogP contribution in [0.2, 0.25) is 0 Å². The van der Waals surface area contributed by atoms with Gasteiger partial charge in [-0.05, 0) is 41.5 Å². The molecule has 6 nitrogen and oxygen atoms in total. The van der Waals surface area contributed by atoms with Crippen molar-refractivity contribution in [2.24, 2.45) is 0 Å². The third-order valence-corrected chi connectivity index (χ3v) is 6.25. The zero-order valence-electron chi connectivity index (χ0n) is 18.9. The van der Waals surface area contributed by atoms with E-state index in [1.54, 1.807) is 25.3 Å². The number of hydrogen-bond acceptors (Lipinski definition) is 5. The van der Waals surface area contributed by atoms with Crippen LogP contribution in [0.5, 0.6) is 11.5 Å². The Kier molecular flexibility index (Phi) is 5.94. The van der Waals surface area contributed by atoms with Crippen LogP contribution in [-0.2, 0) is 22.6 Å². The fourth-order valence-electron chi connectivity index (χ4n) is 4.60. The molecule has 2 atom stereocenters. The number of carbonyl (C=O) groups excluding carboxylic acids is 1. The highest BCUT2D eigenvalue weighted by molar-refractivity contribution is 5.87. The second-order valence-corrected chi connectivity index (χ2v) is 8.23. The third-order valence-electron chi connectivity index (χ3n) is 6.25. The van der Waals surface area contributed by atoms with Crippen LogP contribution in [0.1, 0.15) is 28.4 Å². The highest BCUT2D eigenvalue weighted by atomic mass is 19.1. The quantitative estimate of drug-likeness (QED) is 0.409. The normalized spacial score (nSPS) is 17.3. The number of halogens is 1. The predicted octanol–water partition coefficient (Wildman–Crippen LogP) is 4.67. The number of esters is 1. The van der Waals surface area contributed by atoms with Gasteiger partial charge in [-0.1, -0.05) is 36.4 Å². The maximum absolute atomic E-state index is 14.0. The van der Waals surface area contributed by atoms with Crippen LogP contribution in [0.3, 0.4) is 0 Å². The summed E-state index contributed by atoms with van der Waals surface area (Å²) in [7, 11) is 2.98. The number of H-pyrrole nitrogens is 1. The van der Waals surface area contributed by atoms with Gasteiger partial charge in [0.05, 0.1) is 20.3 Å². The monoisotopic (exact) mass is 460 g/mol. The summed E-state index contributed by atoms with van der Waals surface area (Å²) >= 11 is 0. The van der Waals surface area contributed by atoms with E-state index < -0.39 is 11.9 Å². The predicted molar refractivity (Wildman–Crippen MR) is 127 cm³/mol.